The van der Waals surface area contributed by atoms with Crippen molar-refractivity contribution in [3.8, 4) is 0 Å². The topological polar surface area (TPSA) is 58.7 Å². The molecule has 20 heavy (non-hydrogen) atoms. The van der Waals surface area contributed by atoms with Gasteiger partial charge in [-0.15, -0.1) is 0 Å². The molecule has 1 saturated heterocycles. The van der Waals surface area contributed by atoms with Gasteiger partial charge in [0.2, 0.25) is 0 Å². The van der Waals surface area contributed by atoms with Crippen molar-refractivity contribution in [1.82, 2.24) is 4.98 Å². The van der Waals surface area contributed by atoms with E-state index in [0.717, 1.165) is 48.0 Å². The molecule has 4 heteroatoms. The van der Waals surface area contributed by atoms with Crippen LogP contribution in [0.4, 0.5) is 0 Å². The van der Waals surface area contributed by atoms with Crippen molar-refractivity contribution in [1.29, 1.82) is 0 Å². The standard InChI is InChI=1S/C16H20N2O2/c1-11-4-5-12-8-13(16(19)18-15(12)7-11)9-17-10-14-3-2-6-20-14/h4-5,7-8,14,17H,2-3,6,9-10H2,1H3,(H,18,19)/p+1/t14-/m1/s1. The third kappa shape index (κ3) is 2.92. The van der Waals surface area contributed by atoms with Gasteiger partial charge >= 0.3 is 0 Å². The highest BCUT2D eigenvalue weighted by atomic mass is 16.5. The van der Waals surface area contributed by atoms with Crippen molar-refractivity contribution in [2.24, 2.45) is 0 Å². The summed E-state index contributed by atoms with van der Waals surface area (Å²) in [7, 11) is 0. The second-order valence-corrected chi connectivity index (χ2v) is 5.58. The van der Waals surface area contributed by atoms with Gasteiger partial charge in [-0.3, -0.25) is 4.79 Å². The number of nitrogens with one attached hydrogen (secondary N) is 1. The number of aromatic amines is 1. The Balaban J connectivity index is 1.72. The Kier molecular flexibility index (Phi) is 3.85. The van der Waals surface area contributed by atoms with Crippen molar-refractivity contribution >= 4 is 10.9 Å². The van der Waals surface area contributed by atoms with E-state index >= 15 is 0 Å². The first kappa shape index (κ1) is 13.3. The quantitative estimate of drug-likeness (QED) is 0.875. The molecular weight excluding hydrogens is 252 g/mol. The van der Waals surface area contributed by atoms with Crippen LogP contribution in [0.15, 0.2) is 29.1 Å². The number of H-pyrrole nitrogens is 1. The first-order chi connectivity index (χ1) is 9.72. The first-order valence-electron chi connectivity index (χ1n) is 7.28. The fourth-order valence-corrected chi connectivity index (χ4v) is 2.77. The van der Waals surface area contributed by atoms with E-state index in [2.05, 4.69) is 22.4 Å². The molecular formula is C16H21N2O2+. The van der Waals surface area contributed by atoms with Crippen LogP contribution >= 0.6 is 0 Å². The van der Waals surface area contributed by atoms with Crippen LogP contribution in [0.5, 0.6) is 0 Å². The molecule has 106 valence electrons. The molecule has 4 nitrogen and oxygen atoms in total. The number of nitrogens with two attached hydrogens (primary N) is 1. The minimum atomic E-state index is 0.0201. The number of hydrogen-bond acceptors (Lipinski definition) is 2. The van der Waals surface area contributed by atoms with Crippen LogP contribution in [0.1, 0.15) is 24.0 Å². The van der Waals surface area contributed by atoms with Crippen LogP contribution in [0.3, 0.4) is 0 Å². The number of ether oxygens (including phenoxy) is 1. The Bertz CT molecular complexity index is 657. The summed E-state index contributed by atoms with van der Waals surface area (Å²) in [6.45, 7) is 4.56. The Labute approximate surface area is 118 Å². The number of aromatic nitrogens is 1. The summed E-state index contributed by atoms with van der Waals surface area (Å²) < 4.78 is 5.59. The van der Waals surface area contributed by atoms with Gasteiger partial charge in [0.05, 0.1) is 5.56 Å². The van der Waals surface area contributed by atoms with Crippen LogP contribution in [0.2, 0.25) is 0 Å². The zero-order valence-electron chi connectivity index (χ0n) is 11.8. The van der Waals surface area contributed by atoms with Crippen LogP contribution in [-0.4, -0.2) is 24.2 Å². The highest BCUT2D eigenvalue weighted by Gasteiger charge is 2.17. The summed E-state index contributed by atoms with van der Waals surface area (Å²) in [4.78, 5) is 15.0. The van der Waals surface area contributed by atoms with Gasteiger partial charge < -0.3 is 15.0 Å². The predicted octanol–water partition coefficient (Wildman–Crippen LogP) is 1.08. The summed E-state index contributed by atoms with van der Waals surface area (Å²) in [6, 6.07) is 8.14. The van der Waals surface area contributed by atoms with Crippen LogP contribution in [0, 0.1) is 6.92 Å². The van der Waals surface area contributed by atoms with Crippen molar-refractivity contribution in [3.63, 3.8) is 0 Å². The van der Waals surface area contributed by atoms with E-state index in [0.29, 0.717) is 12.6 Å². The van der Waals surface area contributed by atoms with E-state index in [1.807, 2.05) is 19.1 Å². The molecule has 2 heterocycles. The Morgan fingerprint density at radius 2 is 2.30 bits per heavy atom. The average Bonchev–Trinajstić information content (AvgIpc) is 2.93. The predicted molar refractivity (Wildman–Crippen MR) is 78.8 cm³/mol. The third-order valence-electron chi connectivity index (χ3n) is 3.90. The van der Waals surface area contributed by atoms with Crippen LogP contribution in [-0.2, 0) is 11.3 Å². The van der Waals surface area contributed by atoms with Gasteiger partial charge in [0.25, 0.3) is 5.56 Å². The second kappa shape index (κ2) is 5.77. The molecule has 0 spiro atoms. The molecule has 1 aliphatic rings. The minimum absolute atomic E-state index is 0.0201. The van der Waals surface area contributed by atoms with E-state index in [4.69, 9.17) is 4.74 Å². The van der Waals surface area contributed by atoms with Crippen molar-refractivity contribution in [2.45, 2.75) is 32.4 Å². The van der Waals surface area contributed by atoms with E-state index < -0.39 is 0 Å². The average molecular weight is 273 g/mol. The zero-order chi connectivity index (χ0) is 13.9. The molecule has 3 N–H and O–H groups in total. The SMILES string of the molecule is Cc1ccc2cc(C[NH2+]C[C@H]3CCCO3)c(=O)[nH]c2c1. The van der Waals surface area contributed by atoms with Gasteiger partial charge in [-0.1, -0.05) is 12.1 Å². The monoisotopic (exact) mass is 273 g/mol. The molecule has 1 aromatic heterocycles. The minimum Gasteiger partial charge on any atom is -0.372 e. The fraction of sp³-hybridized carbons (Fsp3) is 0.438. The Hall–Kier alpha value is -1.65. The van der Waals surface area contributed by atoms with E-state index in [1.165, 1.54) is 0 Å². The molecule has 1 atom stereocenters. The largest absolute Gasteiger partial charge is 0.372 e. The van der Waals surface area contributed by atoms with Crippen molar-refractivity contribution < 1.29 is 10.1 Å². The summed E-state index contributed by atoms with van der Waals surface area (Å²) in [5.41, 5.74) is 2.93. The molecule has 0 bridgehead atoms. The first-order valence-corrected chi connectivity index (χ1v) is 7.28. The van der Waals surface area contributed by atoms with E-state index in [-0.39, 0.29) is 5.56 Å². The fourth-order valence-electron chi connectivity index (χ4n) is 2.77. The molecule has 1 fully saturated rings. The highest BCUT2D eigenvalue weighted by molar-refractivity contribution is 5.79. The van der Waals surface area contributed by atoms with Gasteiger partial charge in [0.15, 0.2) is 0 Å². The normalized spacial score (nSPS) is 18.8. The van der Waals surface area contributed by atoms with Gasteiger partial charge in [-0.25, -0.2) is 0 Å². The zero-order valence-corrected chi connectivity index (χ0v) is 11.8. The number of quaternary nitrogens is 1. The third-order valence-corrected chi connectivity index (χ3v) is 3.90. The number of pyridine rings is 1. The highest BCUT2D eigenvalue weighted by Crippen LogP contribution is 2.12. The summed E-state index contributed by atoms with van der Waals surface area (Å²) in [6.07, 6.45) is 2.66. The van der Waals surface area contributed by atoms with Gasteiger partial charge in [0, 0.05) is 12.1 Å². The maximum Gasteiger partial charge on any atom is 0.257 e. The molecule has 0 saturated carbocycles. The molecule has 0 unspecified atom stereocenters. The summed E-state index contributed by atoms with van der Waals surface area (Å²) in [5.74, 6) is 0. The van der Waals surface area contributed by atoms with E-state index in [9.17, 15) is 4.79 Å². The Morgan fingerprint density at radius 1 is 1.40 bits per heavy atom. The van der Waals surface area contributed by atoms with Crippen LogP contribution < -0.4 is 10.9 Å². The van der Waals surface area contributed by atoms with Gasteiger partial charge in [-0.2, -0.15) is 0 Å². The molecule has 1 aromatic carbocycles. The van der Waals surface area contributed by atoms with Crippen LogP contribution in [0.25, 0.3) is 10.9 Å². The van der Waals surface area contributed by atoms with E-state index in [1.54, 1.807) is 0 Å². The lowest BCUT2D eigenvalue weighted by Crippen LogP contribution is -2.85. The number of hydrogen-bond donors (Lipinski definition) is 2. The number of fused-ring (bicyclic) bond motifs is 1. The molecule has 0 radical (unpaired) electrons. The second-order valence-electron chi connectivity index (χ2n) is 5.58. The van der Waals surface area contributed by atoms with Gasteiger partial charge in [0.1, 0.15) is 19.2 Å². The molecule has 0 amide bonds. The summed E-state index contributed by atoms with van der Waals surface area (Å²) in [5, 5.41) is 3.26. The molecule has 3 rings (SSSR count). The van der Waals surface area contributed by atoms with Crippen molar-refractivity contribution in [2.75, 3.05) is 13.2 Å². The molecule has 1 aliphatic heterocycles. The lowest BCUT2D eigenvalue weighted by atomic mass is 10.1. The van der Waals surface area contributed by atoms with Gasteiger partial charge in [-0.05, 0) is 42.8 Å². The smallest absolute Gasteiger partial charge is 0.257 e. The molecule has 0 aliphatic carbocycles. The number of rotatable bonds is 4. The molecule has 2 aromatic rings. The summed E-state index contributed by atoms with van der Waals surface area (Å²) >= 11 is 0. The number of aryl methyl sites for hydroxylation is 1. The lowest BCUT2D eigenvalue weighted by molar-refractivity contribution is -0.676. The maximum atomic E-state index is 12.1. The Morgan fingerprint density at radius 3 is 3.10 bits per heavy atom. The lowest BCUT2D eigenvalue weighted by Gasteiger charge is -2.08. The van der Waals surface area contributed by atoms with Crippen molar-refractivity contribution in [3.05, 3.63) is 45.7 Å². The number of benzene rings is 1. The maximum absolute atomic E-state index is 12.1.